The average Bonchev–Trinajstić information content (AvgIpc) is 2.44. The van der Waals surface area contributed by atoms with Gasteiger partial charge in [-0.2, -0.15) is 0 Å². The van der Waals surface area contributed by atoms with E-state index in [4.69, 9.17) is 4.74 Å². The van der Waals surface area contributed by atoms with Crippen molar-refractivity contribution >= 4 is 16.8 Å². The van der Waals surface area contributed by atoms with E-state index < -0.39 is 16.7 Å². The van der Waals surface area contributed by atoms with Crippen molar-refractivity contribution < 1.29 is 13.7 Å². The second-order valence-electron chi connectivity index (χ2n) is 4.77. The van der Waals surface area contributed by atoms with Gasteiger partial charge in [-0.3, -0.25) is 9.00 Å². The Hall–Kier alpha value is -1.16. The lowest BCUT2D eigenvalue weighted by atomic mass is 10.0. The SMILES string of the molecule is CCC(C)CS(=O)CC(C(=O)OC)c1ccccc1. The number of carbonyl (C=O) groups is 1. The van der Waals surface area contributed by atoms with Gasteiger partial charge in [-0.25, -0.2) is 0 Å². The summed E-state index contributed by atoms with van der Waals surface area (Å²) in [5, 5.41) is 0. The Kier molecular flexibility index (Phi) is 6.78. The predicted molar refractivity (Wildman–Crippen MR) is 78.5 cm³/mol. The van der Waals surface area contributed by atoms with Crippen LogP contribution in [0.2, 0.25) is 0 Å². The molecule has 3 unspecified atom stereocenters. The Bertz CT molecular complexity index is 417. The molecule has 0 radical (unpaired) electrons. The second kappa shape index (κ2) is 8.10. The van der Waals surface area contributed by atoms with Gasteiger partial charge in [0, 0.05) is 22.3 Å². The van der Waals surface area contributed by atoms with Gasteiger partial charge >= 0.3 is 5.97 Å². The molecule has 1 rings (SSSR count). The number of carbonyl (C=O) groups excluding carboxylic acids is 1. The highest BCUT2D eigenvalue weighted by molar-refractivity contribution is 7.85. The summed E-state index contributed by atoms with van der Waals surface area (Å²) < 4.78 is 16.9. The first kappa shape index (κ1) is 15.9. The van der Waals surface area contributed by atoms with Crippen LogP contribution in [0.3, 0.4) is 0 Å². The van der Waals surface area contributed by atoms with E-state index >= 15 is 0 Å². The molecule has 0 saturated carbocycles. The first-order valence-corrected chi connectivity index (χ1v) is 8.05. The molecular formula is C15H22O3S. The van der Waals surface area contributed by atoms with E-state index in [1.807, 2.05) is 30.3 Å². The van der Waals surface area contributed by atoms with Crippen LogP contribution >= 0.6 is 0 Å². The highest BCUT2D eigenvalue weighted by Gasteiger charge is 2.24. The summed E-state index contributed by atoms with van der Waals surface area (Å²) in [6.45, 7) is 4.16. The van der Waals surface area contributed by atoms with Crippen LogP contribution < -0.4 is 0 Å². The third-order valence-electron chi connectivity index (χ3n) is 3.21. The van der Waals surface area contributed by atoms with Gasteiger partial charge in [0.05, 0.1) is 13.0 Å². The summed E-state index contributed by atoms with van der Waals surface area (Å²) >= 11 is 0. The van der Waals surface area contributed by atoms with Gasteiger partial charge in [-0.1, -0.05) is 50.6 Å². The smallest absolute Gasteiger partial charge is 0.314 e. The molecule has 0 fully saturated rings. The van der Waals surface area contributed by atoms with E-state index in [2.05, 4.69) is 13.8 Å². The molecule has 0 saturated heterocycles. The fourth-order valence-electron chi connectivity index (χ4n) is 1.82. The fraction of sp³-hybridized carbons (Fsp3) is 0.533. The molecule has 1 aromatic carbocycles. The molecule has 0 aliphatic rings. The third-order valence-corrected chi connectivity index (χ3v) is 4.85. The first-order valence-electron chi connectivity index (χ1n) is 6.56. The molecule has 3 nitrogen and oxygen atoms in total. The van der Waals surface area contributed by atoms with Crippen molar-refractivity contribution in [2.45, 2.75) is 26.2 Å². The van der Waals surface area contributed by atoms with Crippen LogP contribution in [0.25, 0.3) is 0 Å². The van der Waals surface area contributed by atoms with E-state index in [0.717, 1.165) is 12.0 Å². The normalized spacial score (nSPS) is 15.5. The molecule has 106 valence electrons. The average molecular weight is 282 g/mol. The minimum absolute atomic E-state index is 0.316. The number of rotatable bonds is 7. The maximum absolute atomic E-state index is 12.1. The Balaban J connectivity index is 2.77. The molecule has 0 amide bonds. The summed E-state index contributed by atoms with van der Waals surface area (Å²) in [4.78, 5) is 11.8. The number of ether oxygens (including phenoxy) is 1. The van der Waals surface area contributed by atoms with Crippen molar-refractivity contribution in [1.29, 1.82) is 0 Å². The molecule has 0 bridgehead atoms. The Morgan fingerprint density at radius 3 is 2.42 bits per heavy atom. The van der Waals surface area contributed by atoms with E-state index in [9.17, 15) is 9.00 Å². The van der Waals surface area contributed by atoms with Crippen LogP contribution in [0, 0.1) is 5.92 Å². The molecule has 3 atom stereocenters. The summed E-state index contributed by atoms with van der Waals surface area (Å²) in [5.74, 6) is 0.632. The lowest BCUT2D eigenvalue weighted by molar-refractivity contribution is -0.141. The molecule has 1 aromatic rings. The minimum atomic E-state index is -1.00. The maximum Gasteiger partial charge on any atom is 0.314 e. The molecule has 0 heterocycles. The lowest BCUT2D eigenvalue weighted by Gasteiger charge is -2.16. The minimum Gasteiger partial charge on any atom is -0.469 e. The van der Waals surface area contributed by atoms with Crippen molar-refractivity contribution in [3.63, 3.8) is 0 Å². The largest absolute Gasteiger partial charge is 0.469 e. The van der Waals surface area contributed by atoms with Crippen LogP contribution in [0.4, 0.5) is 0 Å². The van der Waals surface area contributed by atoms with Gasteiger partial charge in [-0.05, 0) is 11.5 Å². The van der Waals surface area contributed by atoms with Crippen LogP contribution in [0.15, 0.2) is 30.3 Å². The van der Waals surface area contributed by atoms with Gasteiger partial charge < -0.3 is 4.74 Å². The van der Waals surface area contributed by atoms with Gasteiger partial charge in [0.1, 0.15) is 0 Å². The molecule has 0 N–H and O–H groups in total. The predicted octanol–water partition coefficient (Wildman–Crippen LogP) is 2.74. The van der Waals surface area contributed by atoms with Gasteiger partial charge in [0.2, 0.25) is 0 Å². The lowest BCUT2D eigenvalue weighted by Crippen LogP contribution is -2.23. The number of hydrogen-bond acceptors (Lipinski definition) is 3. The molecule has 0 spiro atoms. The highest BCUT2D eigenvalue weighted by Crippen LogP contribution is 2.19. The number of methoxy groups -OCH3 is 1. The van der Waals surface area contributed by atoms with Gasteiger partial charge in [-0.15, -0.1) is 0 Å². The number of benzene rings is 1. The summed E-state index contributed by atoms with van der Waals surface area (Å²) in [6, 6.07) is 9.41. The Labute approximate surface area is 117 Å². The Morgan fingerprint density at radius 1 is 1.26 bits per heavy atom. The zero-order chi connectivity index (χ0) is 14.3. The van der Waals surface area contributed by atoms with E-state index in [-0.39, 0.29) is 5.97 Å². The van der Waals surface area contributed by atoms with Crippen LogP contribution in [-0.4, -0.2) is 28.8 Å². The second-order valence-corrected chi connectivity index (χ2v) is 6.32. The van der Waals surface area contributed by atoms with Crippen molar-refractivity contribution in [3.8, 4) is 0 Å². The topological polar surface area (TPSA) is 43.4 Å². The molecule has 19 heavy (non-hydrogen) atoms. The van der Waals surface area contributed by atoms with Crippen LogP contribution in [-0.2, 0) is 20.3 Å². The molecule has 0 aliphatic heterocycles. The van der Waals surface area contributed by atoms with Crippen LogP contribution in [0.5, 0.6) is 0 Å². The van der Waals surface area contributed by atoms with Crippen molar-refractivity contribution in [2.24, 2.45) is 5.92 Å². The van der Waals surface area contributed by atoms with Crippen molar-refractivity contribution in [3.05, 3.63) is 35.9 Å². The monoisotopic (exact) mass is 282 g/mol. The van der Waals surface area contributed by atoms with Crippen LogP contribution in [0.1, 0.15) is 31.7 Å². The summed E-state index contributed by atoms with van der Waals surface area (Å²) in [5.41, 5.74) is 0.867. The molecule has 0 aliphatic carbocycles. The fourth-order valence-corrected chi connectivity index (χ4v) is 3.52. The number of hydrogen-bond donors (Lipinski definition) is 0. The molecule has 4 heteroatoms. The van der Waals surface area contributed by atoms with Gasteiger partial charge in [0.25, 0.3) is 0 Å². The van der Waals surface area contributed by atoms with Crippen molar-refractivity contribution in [1.82, 2.24) is 0 Å². The summed E-state index contributed by atoms with van der Waals surface area (Å²) in [6.07, 6.45) is 1.000. The summed E-state index contributed by atoms with van der Waals surface area (Å²) in [7, 11) is 0.367. The maximum atomic E-state index is 12.1. The highest BCUT2D eigenvalue weighted by atomic mass is 32.2. The zero-order valence-electron chi connectivity index (χ0n) is 11.8. The molecular weight excluding hydrogens is 260 g/mol. The van der Waals surface area contributed by atoms with E-state index in [0.29, 0.717) is 17.4 Å². The third kappa shape index (κ3) is 5.15. The molecule has 0 aromatic heterocycles. The zero-order valence-corrected chi connectivity index (χ0v) is 12.6. The quantitative estimate of drug-likeness (QED) is 0.722. The van der Waals surface area contributed by atoms with E-state index in [1.54, 1.807) is 0 Å². The Morgan fingerprint density at radius 2 is 1.89 bits per heavy atom. The van der Waals surface area contributed by atoms with E-state index in [1.165, 1.54) is 7.11 Å². The first-order chi connectivity index (χ1) is 9.08. The number of esters is 1. The van der Waals surface area contributed by atoms with Gasteiger partial charge in [0.15, 0.2) is 0 Å². The van der Waals surface area contributed by atoms with Crippen molar-refractivity contribution in [2.75, 3.05) is 18.6 Å². The standard InChI is InChI=1S/C15H22O3S/c1-4-12(2)10-19(17)11-14(15(16)18-3)13-8-6-5-7-9-13/h5-9,12,14H,4,10-11H2,1-3H3.